The van der Waals surface area contributed by atoms with E-state index in [2.05, 4.69) is 12.1 Å². The van der Waals surface area contributed by atoms with E-state index in [-0.39, 0.29) is 32.3 Å². The Balaban J connectivity index is 1.39. The van der Waals surface area contributed by atoms with Gasteiger partial charge in [-0.2, -0.15) is 0 Å². The molecule has 5 rings (SSSR count). The first-order valence-corrected chi connectivity index (χ1v) is 9.19. The Labute approximate surface area is 161 Å². The zero-order chi connectivity index (χ0) is 19.3. The number of hydrogen-bond acceptors (Lipinski definition) is 5. The van der Waals surface area contributed by atoms with Crippen LogP contribution in [0.1, 0.15) is 17.0 Å². The molecule has 1 unspecified atom stereocenters. The van der Waals surface area contributed by atoms with Gasteiger partial charge in [0.15, 0.2) is 11.8 Å². The Hall–Kier alpha value is -2.90. The molecule has 1 aliphatic carbocycles. The Morgan fingerprint density at radius 1 is 1.07 bits per heavy atom. The second kappa shape index (κ2) is 6.32. The van der Waals surface area contributed by atoms with Gasteiger partial charge >= 0.3 is 12.1 Å². The van der Waals surface area contributed by atoms with Gasteiger partial charge in [0.05, 0.1) is 19.8 Å². The van der Waals surface area contributed by atoms with E-state index in [0.717, 1.165) is 22.3 Å². The number of amides is 1. The third-order valence-corrected chi connectivity index (χ3v) is 5.73. The summed E-state index contributed by atoms with van der Waals surface area (Å²) in [7, 11) is 0. The molecule has 1 spiro atoms. The van der Waals surface area contributed by atoms with Crippen molar-refractivity contribution in [3.05, 3.63) is 59.7 Å². The summed E-state index contributed by atoms with van der Waals surface area (Å²) < 4.78 is 16.4. The summed E-state index contributed by atoms with van der Waals surface area (Å²) in [4.78, 5) is 25.6. The average Bonchev–Trinajstić information content (AvgIpc) is 3.23. The highest BCUT2D eigenvalue weighted by Crippen LogP contribution is 2.45. The van der Waals surface area contributed by atoms with Gasteiger partial charge in [0.25, 0.3) is 0 Å². The minimum absolute atomic E-state index is 0.0666. The van der Waals surface area contributed by atoms with Crippen LogP contribution in [0.4, 0.5) is 4.79 Å². The number of benzene rings is 2. The number of hydrogen-bond donors (Lipinski definition) is 1. The average molecular weight is 381 g/mol. The minimum atomic E-state index is -1.11. The second-order valence-corrected chi connectivity index (χ2v) is 7.28. The van der Waals surface area contributed by atoms with E-state index in [4.69, 9.17) is 14.2 Å². The van der Waals surface area contributed by atoms with Crippen LogP contribution in [0, 0.1) is 0 Å². The van der Waals surface area contributed by atoms with Gasteiger partial charge in [-0.25, -0.2) is 9.59 Å². The van der Waals surface area contributed by atoms with Gasteiger partial charge in [-0.1, -0.05) is 48.5 Å². The number of carbonyl (C=O) groups excluding carboxylic acids is 1. The molecular weight excluding hydrogens is 362 g/mol. The lowest BCUT2D eigenvalue weighted by Crippen LogP contribution is -2.64. The molecule has 28 heavy (non-hydrogen) atoms. The first-order chi connectivity index (χ1) is 13.6. The molecule has 1 N–H and O–H groups in total. The molecule has 0 aromatic heterocycles. The zero-order valence-corrected chi connectivity index (χ0v) is 15.0. The third kappa shape index (κ3) is 2.43. The van der Waals surface area contributed by atoms with Crippen molar-refractivity contribution in [2.24, 2.45) is 0 Å². The smallest absolute Gasteiger partial charge is 0.413 e. The van der Waals surface area contributed by atoms with E-state index in [1.54, 1.807) is 0 Å². The Morgan fingerprint density at radius 3 is 2.21 bits per heavy atom. The topological polar surface area (TPSA) is 85.3 Å². The predicted molar refractivity (Wildman–Crippen MR) is 97.8 cm³/mol. The Kier molecular flexibility index (Phi) is 3.89. The van der Waals surface area contributed by atoms with E-state index in [0.29, 0.717) is 0 Å². The van der Waals surface area contributed by atoms with Crippen molar-refractivity contribution in [3.63, 3.8) is 0 Å². The molecule has 1 atom stereocenters. The summed E-state index contributed by atoms with van der Waals surface area (Å²) in [5.74, 6) is -1.20. The van der Waals surface area contributed by atoms with Crippen LogP contribution in [-0.4, -0.2) is 60.3 Å². The highest BCUT2D eigenvalue weighted by molar-refractivity contribution is 5.82. The monoisotopic (exact) mass is 381 g/mol. The fourth-order valence-corrected chi connectivity index (χ4v) is 4.30. The van der Waals surface area contributed by atoms with Gasteiger partial charge < -0.3 is 19.3 Å². The summed E-state index contributed by atoms with van der Waals surface area (Å²) in [6.07, 6.45) is -0.685. The molecule has 2 aromatic rings. The molecular formula is C21H19NO6. The number of carbonyl (C=O) groups is 2. The number of ether oxygens (including phenoxy) is 3. The highest BCUT2D eigenvalue weighted by Gasteiger charge is 2.58. The van der Waals surface area contributed by atoms with Crippen LogP contribution >= 0.6 is 0 Å². The van der Waals surface area contributed by atoms with Crippen molar-refractivity contribution in [2.45, 2.75) is 17.7 Å². The van der Waals surface area contributed by atoms with Gasteiger partial charge in [-0.3, -0.25) is 4.90 Å². The van der Waals surface area contributed by atoms with Crippen molar-refractivity contribution in [3.8, 4) is 11.1 Å². The van der Waals surface area contributed by atoms with Crippen molar-refractivity contribution >= 4 is 12.1 Å². The molecule has 7 nitrogen and oxygen atoms in total. The molecule has 0 saturated carbocycles. The first-order valence-electron chi connectivity index (χ1n) is 9.19. The van der Waals surface area contributed by atoms with Crippen LogP contribution in [0.2, 0.25) is 0 Å². The van der Waals surface area contributed by atoms with Gasteiger partial charge in [-0.15, -0.1) is 0 Å². The van der Waals surface area contributed by atoms with E-state index in [9.17, 15) is 14.7 Å². The van der Waals surface area contributed by atoms with Gasteiger partial charge in [-0.05, 0) is 22.3 Å². The summed E-state index contributed by atoms with van der Waals surface area (Å²) in [6, 6.07) is 15.0. The number of rotatable bonds is 3. The van der Waals surface area contributed by atoms with E-state index in [1.807, 2.05) is 36.4 Å². The van der Waals surface area contributed by atoms with Crippen LogP contribution in [-0.2, 0) is 19.0 Å². The quantitative estimate of drug-likeness (QED) is 0.879. The largest absolute Gasteiger partial charge is 0.480 e. The Morgan fingerprint density at radius 2 is 1.68 bits per heavy atom. The van der Waals surface area contributed by atoms with E-state index < -0.39 is 23.8 Å². The molecule has 1 amide bonds. The molecule has 144 valence electrons. The number of carboxylic acids is 1. The van der Waals surface area contributed by atoms with Gasteiger partial charge in [0, 0.05) is 5.92 Å². The maximum Gasteiger partial charge on any atom is 0.413 e. The number of nitrogens with zero attached hydrogens (tertiary/aromatic N) is 1. The standard InChI is InChI=1S/C21H19NO6/c23-19(24)18-10-28-21(11-26-12-21)22(18)20(25)27-9-17-15-7-3-1-5-13(15)14-6-2-4-8-16(14)17/h1-8,17-18H,9-12H2,(H,23,24). The van der Waals surface area contributed by atoms with Crippen LogP contribution in [0.15, 0.2) is 48.5 Å². The maximum atomic E-state index is 12.9. The van der Waals surface area contributed by atoms with Crippen molar-refractivity contribution in [1.29, 1.82) is 0 Å². The third-order valence-electron chi connectivity index (χ3n) is 5.73. The second-order valence-electron chi connectivity index (χ2n) is 7.28. The van der Waals surface area contributed by atoms with E-state index in [1.165, 1.54) is 4.90 Å². The molecule has 3 aliphatic rings. The Bertz CT molecular complexity index is 908. The lowest BCUT2D eigenvalue weighted by atomic mass is 9.98. The van der Waals surface area contributed by atoms with Crippen LogP contribution in [0.3, 0.4) is 0 Å². The van der Waals surface area contributed by atoms with Crippen molar-refractivity contribution < 1.29 is 28.9 Å². The molecule has 2 heterocycles. The molecule has 2 aliphatic heterocycles. The SMILES string of the molecule is O=C(O)C1COC2(COC2)N1C(=O)OCC1c2ccccc2-c2ccccc21. The van der Waals surface area contributed by atoms with Crippen LogP contribution in [0.5, 0.6) is 0 Å². The fourth-order valence-electron chi connectivity index (χ4n) is 4.30. The van der Waals surface area contributed by atoms with Crippen molar-refractivity contribution in [1.82, 2.24) is 4.90 Å². The number of aliphatic carboxylic acids is 1. The molecule has 2 saturated heterocycles. The van der Waals surface area contributed by atoms with Crippen molar-refractivity contribution in [2.75, 3.05) is 26.4 Å². The molecule has 2 fully saturated rings. The molecule has 2 aromatic carbocycles. The van der Waals surface area contributed by atoms with Gasteiger partial charge in [0.1, 0.15) is 6.61 Å². The number of fused-ring (bicyclic) bond motifs is 3. The lowest BCUT2D eigenvalue weighted by Gasteiger charge is -2.43. The molecule has 0 bridgehead atoms. The normalized spacial score (nSPS) is 21.9. The number of carboxylic acid groups (broad SMARTS) is 1. The van der Waals surface area contributed by atoms with Crippen LogP contribution in [0.25, 0.3) is 11.1 Å². The zero-order valence-electron chi connectivity index (χ0n) is 15.0. The fraction of sp³-hybridized carbons (Fsp3) is 0.333. The minimum Gasteiger partial charge on any atom is -0.480 e. The van der Waals surface area contributed by atoms with Gasteiger partial charge in [0.2, 0.25) is 0 Å². The summed E-state index contributed by atoms with van der Waals surface area (Å²) in [5, 5.41) is 9.45. The highest BCUT2D eigenvalue weighted by atomic mass is 16.6. The molecule has 0 radical (unpaired) electrons. The van der Waals surface area contributed by atoms with Crippen LogP contribution < -0.4 is 0 Å². The lowest BCUT2D eigenvalue weighted by molar-refractivity contribution is -0.234. The summed E-state index contributed by atoms with van der Waals surface area (Å²) in [6.45, 7) is 0.372. The summed E-state index contributed by atoms with van der Waals surface area (Å²) in [5.41, 5.74) is 3.45. The predicted octanol–water partition coefficient (Wildman–Crippen LogP) is 2.45. The van der Waals surface area contributed by atoms with E-state index >= 15 is 0 Å². The maximum absolute atomic E-state index is 12.9. The molecule has 7 heteroatoms. The first kappa shape index (κ1) is 17.2. The summed E-state index contributed by atoms with van der Waals surface area (Å²) >= 11 is 0.